The normalized spacial score (nSPS) is 17.0. The second-order valence-electron chi connectivity index (χ2n) is 6.56. The van der Waals surface area contributed by atoms with Crippen LogP contribution in [0.3, 0.4) is 0 Å². The minimum Gasteiger partial charge on any atom is -0.378 e. The third-order valence-corrected chi connectivity index (χ3v) is 4.89. The second kappa shape index (κ2) is 7.40. The van der Waals surface area contributed by atoms with Gasteiger partial charge in [-0.2, -0.15) is 0 Å². The number of rotatable bonds is 4. The van der Waals surface area contributed by atoms with Crippen molar-refractivity contribution in [2.75, 3.05) is 5.32 Å². The van der Waals surface area contributed by atoms with Crippen LogP contribution in [0.1, 0.15) is 24.8 Å². The predicted octanol–water partition coefficient (Wildman–Crippen LogP) is 6.40. The fourth-order valence-corrected chi connectivity index (χ4v) is 3.64. The van der Waals surface area contributed by atoms with Crippen LogP contribution in [0.5, 0.6) is 0 Å². The molecule has 0 saturated heterocycles. The number of hydrogen-bond acceptors (Lipinski definition) is 1. The molecule has 0 spiro atoms. The van der Waals surface area contributed by atoms with E-state index in [0.717, 1.165) is 0 Å². The minimum absolute atomic E-state index is 0.362. The summed E-state index contributed by atoms with van der Waals surface area (Å²) < 4.78 is 0. The molecule has 1 atom stereocenters. The Balaban J connectivity index is 1.66. The van der Waals surface area contributed by atoms with Crippen LogP contribution in [0, 0.1) is 0 Å². The third-order valence-electron chi connectivity index (χ3n) is 4.89. The second-order valence-corrected chi connectivity index (χ2v) is 6.56. The molecule has 0 saturated carbocycles. The Morgan fingerprint density at radius 3 is 2.08 bits per heavy atom. The lowest BCUT2D eigenvalue weighted by molar-refractivity contribution is 0.687. The summed E-state index contributed by atoms with van der Waals surface area (Å²) in [6.07, 6.45) is 5.98. The largest absolute Gasteiger partial charge is 0.378 e. The van der Waals surface area contributed by atoms with E-state index >= 15 is 0 Å². The molecule has 0 aliphatic heterocycles. The highest BCUT2D eigenvalue weighted by atomic mass is 14.9. The van der Waals surface area contributed by atoms with Gasteiger partial charge in [-0.15, -0.1) is 0 Å². The molecule has 3 aromatic carbocycles. The van der Waals surface area contributed by atoms with Crippen molar-refractivity contribution >= 4 is 11.3 Å². The summed E-state index contributed by atoms with van der Waals surface area (Å²) in [5.41, 5.74) is 6.49. The molecule has 0 amide bonds. The summed E-state index contributed by atoms with van der Waals surface area (Å²) >= 11 is 0. The number of allylic oxidation sites excluding steroid dienone is 1. The lowest BCUT2D eigenvalue weighted by Gasteiger charge is -2.28. The van der Waals surface area contributed by atoms with Crippen LogP contribution in [0.25, 0.3) is 16.7 Å². The molecule has 0 radical (unpaired) electrons. The van der Waals surface area contributed by atoms with E-state index in [1.165, 1.54) is 47.2 Å². The molecule has 1 nitrogen and oxygen atoms in total. The van der Waals surface area contributed by atoms with Gasteiger partial charge in [-0.25, -0.2) is 0 Å². The zero-order chi connectivity index (χ0) is 16.9. The topological polar surface area (TPSA) is 12.0 Å². The summed E-state index contributed by atoms with van der Waals surface area (Å²) in [7, 11) is 0. The quantitative estimate of drug-likeness (QED) is 0.585. The van der Waals surface area contributed by atoms with E-state index in [1.54, 1.807) is 0 Å². The monoisotopic (exact) mass is 325 g/mol. The summed E-state index contributed by atoms with van der Waals surface area (Å²) in [5.74, 6) is 0. The highest BCUT2D eigenvalue weighted by Gasteiger charge is 2.20. The molecule has 0 aromatic heterocycles. The van der Waals surface area contributed by atoms with Crippen LogP contribution in [-0.2, 0) is 0 Å². The molecular formula is C24H23N. The Bertz CT molecular complexity index is 850. The van der Waals surface area contributed by atoms with Gasteiger partial charge in [0.05, 0.1) is 6.04 Å². The van der Waals surface area contributed by atoms with Gasteiger partial charge in [0.15, 0.2) is 0 Å². The first-order valence-corrected chi connectivity index (χ1v) is 9.08. The highest BCUT2D eigenvalue weighted by Crippen LogP contribution is 2.33. The van der Waals surface area contributed by atoms with E-state index in [9.17, 15) is 0 Å². The Morgan fingerprint density at radius 1 is 0.680 bits per heavy atom. The van der Waals surface area contributed by atoms with E-state index in [1.807, 2.05) is 0 Å². The van der Waals surface area contributed by atoms with Crippen LogP contribution in [0.2, 0.25) is 0 Å². The van der Waals surface area contributed by atoms with Crippen molar-refractivity contribution < 1.29 is 0 Å². The van der Waals surface area contributed by atoms with Crippen LogP contribution in [0.4, 0.5) is 5.69 Å². The van der Waals surface area contributed by atoms with Crippen molar-refractivity contribution in [2.45, 2.75) is 25.3 Å². The molecule has 1 N–H and O–H groups in total. The SMILES string of the molecule is C1=C(c2ccccc2)C(Nc2ccccc2-c2ccccc2)CCC1. The number of anilines is 1. The van der Waals surface area contributed by atoms with Gasteiger partial charge in [-0.3, -0.25) is 0 Å². The van der Waals surface area contributed by atoms with Gasteiger partial charge in [-0.1, -0.05) is 84.9 Å². The lowest BCUT2D eigenvalue weighted by Crippen LogP contribution is -2.24. The van der Waals surface area contributed by atoms with Crippen LogP contribution >= 0.6 is 0 Å². The maximum Gasteiger partial charge on any atom is 0.0516 e. The molecule has 1 heteroatoms. The van der Waals surface area contributed by atoms with Gasteiger partial charge < -0.3 is 5.32 Å². The van der Waals surface area contributed by atoms with E-state index in [4.69, 9.17) is 0 Å². The van der Waals surface area contributed by atoms with Crippen molar-refractivity contribution in [3.63, 3.8) is 0 Å². The number of benzene rings is 3. The fourth-order valence-electron chi connectivity index (χ4n) is 3.64. The van der Waals surface area contributed by atoms with Crippen molar-refractivity contribution in [3.05, 3.63) is 96.6 Å². The Kier molecular flexibility index (Phi) is 4.65. The molecular weight excluding hydrogens is 302 g/mol. The standard InChI is InChI=1S/C24H23N/c1-3-11-19(12-4-1)21-15-7-9-17-23(21)25-24-18-10-8-16-22(24)20-13-5-2-6-14-20/h1-7,9,11-17,24-25H,8,10,18H2. The summed E-state index contributed by atoms with van der Waals surface area (Å²) in [6, 6.07) is 30.4. The van der Waals surface area contributed by atoms with Crippen molar-refractivity contribution in [1.29, 1.82) is 0 Å². The first-order valence-electron chi connectivity index (χ1n) is 9.08. The van der Waals surface area contributed by atoms with Crippen molar-refractivity contribution in [3.8, 4) is 11.1 Å². The van der Waals surface area contributed by atoms with Crippen molar-refractivity contribution in [2.24, 2.45) is 0 Å². The van der Waals surface area contributed by atoms with E-state index in [0.29, 0.717) is 6.04 Å². The summed E-state index contributed by atoms with van der Waals surface area (Å²) in [5, 5.41) is 3.83. The highest BCUT2D eigenvalue weighted by molar-refractivity contribution is 5.81. The van der Waals surface area contributed by atoms with E-state index < -0.39 is 0 Å². The Hall–Kier alpha value is -2.80. The van der Waals surface area contributed by atoms with Crippen molar-refractivity contribution in [1.82, 2.24) is 0 Å². The van der Waals surface area contributed by atoms with Crippen LogP contribution in [-0.4, -0.2) is 6.04 Å². The molecule has 124 valence electrons. The number of nitrogens with one attached hydrogen (secondary N) is 1. The Labute approximate surface area is 150 Å². The molecule has 0 fully saturated rings. The predicted molar refractivity (Wildman–Crippen MR) is 108 cm³/mol. The first kappa shape index (κ1) is 15.7. The van der Waals surface area contributed by atoms with Gasteiger partial charge in [0, 0.05) is 11.3 Å². The zero-order valence-electron chi connectivity index (χ0n) is 14.4. The minimum atomic E-state index is 0.362. The molecule has 1 unspecified atom stereocenters. The molecule has 25 heavy (non-hydrogen) atoms. The molecule has 0 heterocycles. The Morgan fingerprint density at radius 2 is 1.32 bits per heavy atom. The van der Waals surface area contributed by atoms with Gasteiger partial charge in [0.25, 0.3) is 0 Å². The number of para-hydroxylation sites is 1. The van der Waals surface area contributed by atoms with Gasteiger partial charge in [-0.05, 0) is 42.0 Å². The van der Waals surface area contributed by atoms with E-state index in [-0.39, 0.29) is 0 Å². The summed E-state index contributed by atoms with van der Waals surface area (Å²) in [4.78, 5) is 0. The maximum atomic E-state index is 3.83. The average molecular weight is 325 g/mol. The van der Waals surface area contributed by atoms with E-state index in [2.05, 4.69) is 96.3 Å². The molecule has 1 aliphatic carbocycles. The van der Waals surface area contributed by atoms with Gasteiger partial charge >= 0.3 is 0 Å². The van der Waals surface area contributed by atoms with Crippen LogP contribution in [0.15, 0.2) is 91.0 Å². The molecule has 4 rings (SSSR count). The van der Waals surface area contributed by atoms with Gasteiger partial charge in [0.1, 0.15) is 0 Å². The van der Waals surface area contributed by atoms with Gasteiger partial charge in [0.2, 0.25) is 0 Å². The maximum absolute atomic E-state index is 3.83. The summed E-state index contributed by atoms with van der Waals surface area (Å²) in [6.45, 7) is 0. The number of hydrogen-bond donors (Lipinski definition) is 1. The molecule has 0 bridgehead atoms. The molecule has 3 aromatic rings. The third kappa shape index (κ3) is 3.51. The first-order chi connectivity index (χ1) is 12.4. The average Bonchev–Trinajstić information content (AvgIpc) is 2.70. The lowest BCUT2D eigenvalue weighted by atomic mass is 9.88. The molecule has 1 aliphatic rings. The zero-order valence-corrected chi connectivity index (χ0v) is 14.4. The van der Waals surface area contributed by atoms with Crippen LogP contribution < -0.4 is 5.32 Å². The smallest absolute Gasteiger partial charge is 0.0516 e. The fraction of sp³-hybridized carbons (Fsp3) is 0.167.